The van der Waals surface area contributed by atoms with E-state index in [9.17, 15) is 13.2 Å². The van der Waals surface area contributed by atoms with Crippen molar-refractivity contribution in [3.8, 4) is 0 Å². The minimum absolute atomic E-state index is 0.0519. The van der Waals surface area contributed by atoms with E-state index in [1.54, 1.807) is 13.0 Å². The van der Waals surface area contributed by atoms with Crippen LogP contribution < -0.4 is 5.32 Å². The summed E-state index contributed by atoms with van der Waals surface area (Å²) in [5.41, 5.74) is 0. The highest BCUT2D eigenvalue weighted by Gasteiger charge is 2.20. The Bertz CT molecular complexity index is 524. The summed E-state index contributed by atoms with van der Waals surface area (Å²) in [5, 5.41) is 6.07. The molecule has 0 fully saturated rings. The van der Waals surface area contributed by atoms with Gasteiger partial charge in [0, 0.05) is 13.1 Å². The summed E-state index contributed by atoms with van der Waals surface area (Å²) >= 11 is 0. The second-order valence-corrected chi connectivity index (χ2v) is 6.49. The Morgan fingerprint density at radius 1 is 1.53 bits per heavy atom. The van der Waals surface area contributed by atoms with E-state index in [0.29, 0.717) is 12.2 Å². The molecule has 0 bridgehead atoms. The zero-order valence-corrected chi connectivity index (χ0v) is 12.2. The Labute approximate surface area is 113 Å². The van der Waals surface area contributed by atoms with Gasteiger partial charge in [0.1, 0.15) is 5.76 Å². The zero-order valence-electron chi connectivity index (χ0n) is 11.3. The molecule has 8 heteroatoms. The highest BCUT2D eigenvalue weighted by Crippen LogP contribution is 2.07. The van der Waals surface area contributed by atoms with Crippen LogP contribution in [-0.2, 0) is 14.8 Å². The Hall–Kier alpha value is -1.41. The lowest BCUT2D eigenvalue weighted by molar-refractivity contribution is -0.116. The molecule has 1 aromatic heterocycles. The Morgan fingerprint density at radius 3 is 2.74 bits per heavy atom. The van der Waals surface area contributed by atoms with Gasteiger partial charge in [0.15, 0.2) is 5.82 Å². The van der Waals surface area contributed by atoms with Crippen molar-refractivity contribution in [1.29, 1.82) is 0 Å². The topological polar surface area (TPSA) is 92.5 Å². The van der Waals surface area contributed by atoms with Crippen molar-refractivity contribution in [2.45, 2.75) is 26.7 Å². The third-order valence-corrected chi connectivity index (χ3v) is 4.38. The SMILES string of the molecule is CCCCS(=O)(=O)N(C)CC(=O)Nc1cc(C)on1. The molecule has 0 radical (unpaired) electrons. The molecule has 1 rings (SSSR count). The number of anilines is 1. The van der Waals surface area contributed by atoms with Crippen LogP contribution in [0.1, 0.15) is 25.5 Å². The summed E-state index contributed by atoms with van der Waals surface area (Å²) in [6.07, 6.45) is 1.37. The summed E-state index contributed by atoms with van der Waals surface area (Å²) in [5.74, 6) is 0.452. The lowest BCUT2D eigenvalue weighted by atomic mass is 10.4. The lowest BCUT2D eigenvalue weighted by Gasteiger charge is -2.15. The van der Waals surface area contributed by atoms with Crippen molar-refractivity contribution in [2.75, 3.05) is 24.7 Å². The van der Waals surface area contributed by atoms with Crippen LogP contribution in [0.2, 0.25) is 0 Å². The molecule has 108 valence electrons. The standard InChI is InChI=1S/C11H19N3O4S/c1-4-5-6-19(16,17)14(3)8-11(15)12-10-7-9(2)18-13-10/h7H,4-6,8H2,1-3H3,(H,12,13,15). The molecule has 0 unspecified atom stereocenters. The monoisotopic (exact) mass is 289 g/mol. The van der Waals surface area contributed by atoms with Crippen LogP contribution in [0.4, 0.5) is 5.82 Å². The van der Waals surface area contributed by atoms with E-state index in [1.807, 2.05) is 6.92 Å². The average molecular weight is 289 g/mol. The van der Waals surface area contributed by atoms with E-state index in [0.717, 1.165) is 10.7 Å². The normalized spacial score (nSPS) is 11.8. The number of rotatable bonds is 7. The predicted molar refractivity (Wildman–Crippen MR) is 71.2 cm³/mol. The number of carbonyl (C=O) groups is 1. The van der Waals surface area contributed by atoms with Gasteiger partial charge in [-0.2, -0.15) is 4.31 Å². The summed E-state index contributed by atoms with van der Waals surface area (Å²) in [6, 6.07) is 1.56. The van der Waals surface area contributed by atoms with Crippen LogP contribution in [0.15, 0.2) is 10.6 Å². The molecular weight excluding hydrogens is 270 g/mol. The van der Waals surface area contributed by atoms with Crippen LogP contribution in [0.3, 0.4) is 0 Å². The van der Waals surface area contributed by atoms with E-state index in [4.69, 9.17) is 4.52 Å². The maximum atomic E-state index is 11.8. The van der Waals surface area contributed by atoms with Crippen molar-refractivity contribution in [1.82, 2.24) is 9.46 Å². The minimum atomic E-state index is -3.38. The second-order valence-electron chi connectivity index (χ2n) is 4.30. The van der Waals surface area contributed by atoms with Gasteiger partial charge >= 0.3 is 0 Å². The molecule has 0 aromatic carbocycles. The van der Waals surface area contributed by atoms with Gasteiger partial charge in [-0.25, -0.2) is 8.42 Å². The van der Waals surface area contributed by atoms with Crippen molar-refractivity contribution in [2.24, 2.45) is 0 Å². The number of aryl methyl sites for hydroxylation is 1. The molecule has 1 aromatic rings. The first-order valence-corrected chi connectivity index (χ1v) is 7.63. The molecule has 0 aliphatic heterocycles. The van der Waals surface area contributed by atoms with Gasteiger partial charge in [0.05, 0.1) is 12.3 Å². The van der Waals surface area contributed by atoms with E-state index < -0.39 is 15.9 Å². The Morgan fingerprint density at radius 2 is 2.21 bits per heavy atom. The van der Waals surface area contributed by atoms with Gasteiger partial charge in [-0.05, 0) is 13.3 Å². The largest absolute Gasteiger partial charge is 0.360 e. The molecule has 0 spiro atoms. The van der Waals surface area contributed by atoms with E-state index in [2.05, 4.69) is 10.5 Å². The molecule has 19 heavy (non-hydrogen) atoms. The first-order valence-electron chi connectivity index (χ1n) is 6.02. The lowest BCUT2D eigenvalue weighted by Crippen LogP contribution is -2.36. The molecule has 1 amide bonds. The molecule has 0 saturated heterocycles. The van der Waals surface area contributed by atoms with Crippen LogP contribution >= 0.6 is 0 Å². The Kier molecular flexibility index (Phi) is 5.49. The first kappa shape index (κ1) is 15.6. The molecule has 7 nitrogen and oxygen atoms in total. The smallest absolute Gasteiger partial charge is 0.240 e. The fraction of sp³-hybridized carbons (Fsp3) is 0.636. The number of hydrogen-bond donors (Lipinski definition) is 1. The third-order valence-electron chi connectivity index (χ3n) is 2.49. The molecule has 1 N–H and O–H groups in total. The number of likely N-dealkylation sites (N-methyl/N-ethyl adjacent to an activating group) is 1. The number of aromatic nitrogens is 1. The molecule has 0 aliphatic carbocycles. The fourth-order valence-corrected chi connectivity index (χ4v) is 2.67. The quantitative estimate of drug-likeness (QED) is 0.807. The van der Waals surface area contributed by atoms with Crippen LogP contribution in [0.5, 0.6) is 0 Å². The van der Waals surface area contributed by atoms with Gasteiger partial charge in [0.2, 0.25) is 15.9 Å². The maximum absolute atomic E-state index is 11.8. The molecular formula is C11H19N3O4S. The molecule has 0 saturated carbocycles. The highest BCUT2D eigenvalue weighted by atomic mass is 32.2. The third kappa shape index (κ3) is 4.99. The van der Waals surface area contributed by atoms with Gasteiger partial charge < -0.3 is 9.84 Å². The van der Waals surface area contributed by atoms with Gasteiger partial charge in [0.25, 0.3) is 0 Å². The van der Waals surface area contributed by atoms with Gasteiger partial charge in [-0.3, -0.25) is 4.79 Å². The fourth-order valence-electron chi connectivity index (χ4n) is 1.39. The highest BCUT2D eigenvalue weighted by molar-refractivity contribution is 7.89. The van der Waals surface area contributed by atoms with Crippen molar-refractivity contribution < 1.29 is 17.7 Å². The van der Waals surface area contributed by atoms with Crippen molar-refractivity contribution in [3.05, 3.63) is 11.8 Å². The average Bonchev–Trinajstić information content (AvgIpc) is 2.71. The number of sulfonamides is 1. The minimum Gasteiger partial charge on any atom is -0.360 e. The van der Waals surface area contributed by atoms with Crippen molar-refractivity contribution >= 4 is 21.7 Å². The van der Waals surface area contributed by atoms with Gasteiger partial charge in [-0.1, -0.05) is 18.5 Å². The summed E-state index contributed by atoms with van der Waals surface area (Å²) < 4.78 is 29.4. The molecule has 1 heterocycles. The van der Waals surface area contributed by atoms with E-state index in [-0.39, 0.29) is 18.1 Å². The number of hydrogen-bond acceptors (Lipinski definition) is 5. The maximum Gasteiger partial charge on any atom is 0.240 e. The predicted octanol–water partition coefficient (Wildman–Crippen LogP) is 0.983. The number of unbranched alkanes of at least 4 members (excludes halogenated alkanes) is 1. The second kappa shape index (κ2) is 6.67. The molecule has 0 atom stereocenters. The van der Waals surface area contributed by atoms with Crippen LogP contribution in [0, 0.1) is 6.92 Å². The summed E-state index contributed by atoms with van der Waals surface area (Å²) in [4.78, 5) is 11.7. The number of nitrogens with one attached hydrogen (secondary N) is 1. The summed E-state index contributed by atoms with van der Waals surface area (Å²) in [6.45, 7) is 3.37. The zero-order chi connectivity index (χ0) is 14.5. The molecule has 0 aliphatic rings. The van der Waals surface area contributed by atoms with Crippen molar-refractivity contribution in [3.63, 3.8) is 0 Å². The van der Waals surface area contributed by atoms with Gasteiger partial charge in [-0.15, -0.1) is 0 Å². The van der Waals surface area contributed by atoms with Crippen LogP contribution in [0.25, 0.3) is 0 Å². The van der Waals surface area contributed by atoms with Crippen LogP contribution in [-0.4, -0.2) is 43.1 Å². The first-order chi connectivity index (χ1) is 8.85. The van der Waals surface area contributed by atoms with E-state index >= 15 is 0 Å². The van der Waals surface area contributed by atoms with E-state index in [1.165, 1.54) is 7.05 Å². The number of nitrogens with zero attached hydrogens (tertiary/aromatic N) is 2. The number of carbonyl (C=O) groups excluding carboxylic acids is 1. The Balaban J connectivity index is 2.52. The number of amides is 1. The summed E-state index contributed by atoms with van der Waals surface area (Å²) in [7, 11) is -1.99.